The van der Waals surface area contributed by atoms with E-state index in [9.17, 15) is 0 Å². The Morgan fingerprint density at radius 2 is 1.00 bits per heavy atom. The predicted molar refractivity (Wildman–Crippen MR) is 88.1 cm³/mol. The molecule has 0 heterocycles. The maximum atomic E-state index is 8.74. The van der Waals surface area contributed by atoms with Crippen LogP contribution < -0.4 is 6.15 Å². The highest BCUT2D eigenvalue weighted by Gasteiger charge is 1.91. The third kappa shape index (κ3) is 51.6. The summed E-state index contributed by atoms with van der Waals surface area (Å²) in [5.74, 6) is 0. The van der Waals surface area contributed by atoms with Gasteiger partial charge in [-0.3, -0.25) is 9.11 Å². The van der Waals surface area contributed by atoms with Gasteiger partial charge >= 0.3 is 10.4 Å². The lowest BCUT2D eigenvalue weighted by Gasteiger charge is -2.00. The van der Waals surface area contributed by atoms with Gasteiger partial charge in [0.1, 0.15) is 0 Å². The van der Waals surface area contributed by atoms with Crippen molar-refractivity contribution in [1.82, 2.24) is 6.15 Å². The SMILES string of the molecule is CCCCCCCCCCCCO.N.O=S(=O)(O)O.[AlH3]. The third-order valence-corrected chi connectivity index (χ3v) is 2.51. The van der Waals surface area contributed by atoms with Gasteiger partial charge in [0, 0.05) is 6.61 Å². The molecule has 0 atom stereocenters. The van der Waals surface area contributed by atoms with Crippen molar-refractivity contribution in [1.29, 1.82) is 0 Å². The fourth-order valence-electron chi connectivity index (χ4n) is 1.60. The summed E-state index contributed by atoms with van der Waals surface area (Å²) in [5, 5.41) is 8.57. The Kier molecular flexibility index (Phi) is 30.8. The summed E-state index contributed by atoms with van der Waals surface area (Å²) in [6.07, 6.45) is 13.3. The molecule has 0 aliphatic rings. The van der Waals surface area contributed by atoms with E-state index in [0.717, 1.165) is 6.42 Å². The number of aliphatic hydroxyl groups is 1. The zero-order valence-corrected chi connectivity index (χ0v) is 12.9. The van der Waals surface area contributed by atoms with E-state index in [2.05, 4.69) is 6.92 Å². The van der Waals surface area contributed by atoms with Crippen LogP contribution in [0.2, 0.25) is 0 Å². The Balaban J connectivity index is -0.000000158. The predicted octanol–water partition coefficient (Wildman–Crippen LogP) is 2.22. The number of rotatable bonds is 10. The summed E-state index contributed by atoms with van der Waals surface area (Å²) in [6.45, 7) is 2.63. The topological polar surface area (TPSA) is 130 Å². The minimum absolute atomic E-state index is 0. The van der Waals surface area contributed by atoms with Crippen LogP contribution in [0.1, 0.15) is 71.1 Å². The van der Waals surface area contributed by atoms with Gasteiger partial charge in [0.2, 0.25) is 0 Å². The van der Waals surface area contributed by atoms with E-state index in [1.807, 2.05) is 0 Å². The minimum atomic E-state index is -4.67. The molecule has 20 heavy (non-hydrogen) atoms. The van der Waals surface area contributed by atoms with Crippen molar-refractivity contribution in [3.63, 3.8) is 0 Å². The quantitative estimate of drug-likeness (QED) is 0.276. The molecule has 0 spiro atoms. The van der Waals surface area contributed by atoms with Gasteiger partial charge in [0.15, 0.2) is 17.4 Å². The lowest BCUT2D eigenvalue weighted by Crippen LogP contribution is -1.89. The molecule has 0 rings (SSSR count). The molecule has 0 aromatic heterocycles. The summed E-state index contributed by atoms with van der Waals surface area (Å²) in [7, 11) is -4.67. The summed E-state index contributed by atoms with van der Waals surface area (Å²) in [6, 6.07) is 0. The van der Waals surface area contributed by atoms with Gasteiger partial charge in [-0.15, -0.1) is 0 Å². The Morgan fingerprint density at radius 1 is 0.750 bits per heavy atom. The summed E-state index contributed by atoms with van der Waals surface area (Å²) in [5.41, 5.74) is 0. The first-order valence-corrected chi connectivity index (χ1v) is 8.12. The van der Waals surface area contributed by atoms with Crippen LogP contribution in [0.5, 0.6) is 0 Å². The molecule has 0 saturated carbocycles. The largest absolute Gasteiger partial charge is 0.396 e. The van der Waals surface area contributed by atoms with Crippen molar-refractivity contribution in [3.8, 4) is 0 Å². The molecule has 0 radical (unpaired) electrons. The van der Waals surface area contributed by atoms with E-state index in [0.29, 0.717) is 6.61 Å². The van der Waals surface area contributed by atoms with Crippen LogP contribution in [-0.2, 0) is 10.4 Å². The van der Waals surface area contributed by atoms with Gasteiger partial charge in [-0.25, -0.2) is 0 Å². The van der Waals surface area contributed by atoms with Gasteiger partial charge in [-0.1, -0.05) is 64.7 Å². The molecule has 0 unspecified atom stereocenters. The van der Waals surface area contributed by atoms with Crippen molar-refractivity contribution in [2.24, 2.45) is 0 Å². The first kappa shape index (κ1) is 28.5. The van der Waals surface area contributed by atoms with Crippen molar-refractivity contribution < 1.29 is 22.6 Å². The zero-order valence-electron chi connectivity index (χ0n) is 12.1. The van der Waals surface area contributed by atoms with Gasteiger partial charge in [-0.05, 0) is 6.42 Å². The smallest absolute Gasteiger partial charge is 0.394 e. The molecule has 8 heteroatoms. The summed E-state index contributed by atoms with van der Waals surface area (Å²) in [4.78, 5) is 0. The number of unbranched alkanes of at least 4 members (excludes halogenated alkanes) is 9. The molecular weight excluding hydrogens is 297 g/mol. The van der Waals surface area contributed by atoms with Gasteiger partial charge in [0.05, 0.1) is 0 Å². The maximum absolute atomic E-state index is 8.74. The van der Waals surface area contributed by atoms with Crippen LogP contribution in [0.3, 0.4) is 0 Å². The second-order valence-electron chi connectivity index (χ2n) is 4.35. The van der Waals surface area contributed by atoms with Crippen molar-refractivity contribution >= 4 is 27.8 Å². The van der Waals surface area contributed by atoms with E-state index >= 15 is 0 Å². The number of hydrogen-bond acceptors (Lipinski definition) is 4. The minimum Gasteiger partial charge on any atom is -0.396 e. The first-order chi connectivity index (χ1) is 8.41. The Labute approximate surface area is 134 Å². The maximum Gasteiger partial charge on any atom is 0.394 e. The molecule has 0 aromatic carbocycles. The van der Waals surface area contributed by atoms with Gasteiger partial charge < -0.3 is 11.3 Å². The third-order valence-electron chi connectivity index (χ3n) is 2.51. The second kappa shape index (κ2) is 21.6. The average molecular weight is 331 g/mol. The van der Waals surface area contributed by atoms with Crippen molar-refractivity contribution in [2.75, 3.05) is 6.61 Å². The van der Waals surface area contributed by atoms with Crippen LogP contribution in [0.4, 0.5) is 0 Å². The van der Waals surface area contributed by atoms with Crippen LogP contribution in [0.15, 0.2) is 0 Å². The van der Waals surface area contributed by atoms with Crippen LogP contribution in [-0.4, -0.2) is 46.6 Å². The second-order valence-corrected chi connectivity index (χ2v) is 5.25. The normalized spacial score (nSPS) is 9.80. The average Bonchev–Trinajstić information content (AvgIpc) is 2.25. The highest BCUT2D eigenvalue weighted by atomic mass is 32.3. The Bertz CT molecular complexity index is 232. The summed E-state index contributed by atoms with van der Waals surface area (Å²) < 4.78 is 31.6. The van der Waals surface area contributed by atoms with E-state index in [4.69, 9.17) is 22.6 Å². The molecular formula is C12H34AlNO5S. The molecule has 0 aromatic rings. The molecule has 6 N–H and O–H groups in total. The van der Waals surface area contributed by atoms with E-state index in [1.165, 1.54) is 57.8 Å². The molecule has 0 aliphatic carbocycles. The van der Waals surface area contributed by atoms with Crippen molar-refractivity contribution in [2.45, 2.75) is 71.1 Å². The molecule has 0 aliphatic heterocycles. The molecule has 0 amide bonds. The summed E-state index contributed by atoms with van der Waals surface area (Å²) >= 11 is 0. The van der Waals surface area contributed by atoms with E-state index in [-0.39, 0.29) is 23.5 Å². The van der Waals surface area contributed by atoms with Gasteiger partial charge in [-0.2, -0.15) is 8.42 Å². The Hall–Kier alpha value is 0.322. The van der Waals surface area contributed by atoms with E-state index in [1.54, 1.807) is 0 Å². The molecule has 126 valence electrons. The lowest BCUT2D eigenvalue weighted by molar-refractivity contribution is 0.282. The van der Waals surface area contributed by atoms with Crippen molar-refractivity contribution in [3.05, 3.63) is 0 Å². The van der Waals surface area contributed by atoms with Crippen LogP contribution >= 0.6 is 0 Å². The molecule has 6 nitrogen and oxygen atoms in total. The van der Waals surface area contributed by atoms with E-state index < -0.39 is 10.4 Å². The number of aliphatic hydroxyl groups excluding tert-OH is 1. The highest BCUT2D eigenvalue weighted by molar-refractivity contribution is 7.79. The first-order valence-electron chi connectivity index (χ1n) is 6.72. The van der Waals surface area contributed by atoms with Crippen LogP contribution in [0, 0.1) is 0 Å². The lowest BCUT2D eigenvalue weighted by atomic mass is 10.1. The molecule has 0 fully saturated rings. The van der Waals surface area contributed by atoms with Gasteiger partial charge in [0.25, 0.3) is 0 Å². The highest BCUT2D eigenvalue weighted by Crippen LogP contribution is 2.09. The monoisotopic (exact) mass is 331 g/mol. The zero-order chi connectivity index (χ0) is 14.3. The van der Waals surface area contributed by atoms with Crippen LogP contribution in [0.25, 0.3) is 0 Å². The Morgan fingerprint density at radius 3 is 1.25 bits per heavy atom. The molecule has 0 bridgehead atoms. The fraction of sp³-hybridized carbons (Fsp3) is 1.00. The fourth-order valence-corrected chi connectivity index (χ4v) is 1.60. The number of hydrogen-bond donors (Lipinski definition) is 4. The molecule has 0 saturated heterocycles. The standard InChI is InChI=1S/C12H26O.Al.H3N.H2O4S.3H/c1-2-3-4-5-6-7-8-9-10-11-12-13;;;1-5(2,3)4;;;/h13H,2-12H2,1H3;;1H3;(H2,1,2,3,4);;;.